The molecule has 0 atom stereocenters. The van der Waals surface area contributed by atoms with E-state index in [9.17, 15) is 4.79 Å². The Morgan fingerprint density at radius 2 is 1.77 bits per heavy atom. The molecule has 0 spiro atoms. The average Bonchev–Trinajstić information content (AvgIpc) is 3.17. The van der Waals surface area contributed by atoms with Crippen LogP contribution in [0.15, 0.2) is 88.5 Å². The van der Waals surface area contributed by atoms with Crippen molar-refractivity contribution in [2.45, 2.75) is 12.1 Å². The molecule has 1 aromatic heterocycles. The number of para-hydroxylation sites is 1. The van der Waals surface area contributed by atoms with Gasteiger partial charge in [0, 0.05) is 21.4 Å². The summed E-state index contributed by atoms with van der Waals surface area (Å²) in [4.78, 5) is 12.5. The van der Waals surface area contributed by atoms with E-state index in [1.54, 1.807) is 0 Å². The zero-order valence-corrected chi connectivity index (χ0v) is 18.7. The van der Waals surface area contributed by atoms with Crippen molar-refractivity contribution in [3.05, 3.63) is 88.9 Å². The molecule has 3 aromatic carbocycles. The molecule has 1 heterocycles. The quantitative estimate of drug-likeness (QED) is 0.359. The van der Waals surface area contributed by atoms with Crippen molar-refractivity contribution in [2.75, 3.05) is 11.1 Å². The van der Waals surface area contributed by atoms with Crippen molar-refractivity contribution in [2.24, 2.45) is 0 Å². The van der Waals surface area contributed by atoms with E-state index in [4.69, 9.17) is 0 Å². The van der Waals surface area contributed by atoms with Crippen LogP contribution in [0.4, 0.5) is 5.69 Å². The number of carbonyl (C=O) groups excluding carboxylic acids is 1. The van der Waals surface area contributed by atoms with Gasteiger partial charge in [-0.2, -0.15) is 0 Å². The zero-order chi connectivity index (χ0) is 20.9. The molecule has 0 fully saturated rings. The molecular weight excluding hydrogens is 460 g/mol. The Morgan fingerprint density at radius 3 is 2.53 bits per heavy atom. The van der Waals surface area contributed by atoms with Gasteiger partial charge in [-0.05, 0) is 42.8 Å². The molecule has 4 rings (SSSR count). The molecule has 4 aromatic rings. The van der Waals surface area contributed by atoms with E-state index in [1.807, 2.05) is 77.4 Å². The SMILES string of the molecule is Cc1ccccc1-c1nnc(SCC(=O)Nc2cccc(Br)c2)n1-c1ccccc1. The second-order valence-corrected chi connectivity index (χ2v) is 8.50. The van der Waals surface area contributed by atoms with Crippen LogP contribution in [0.1, 0.15) is 5.56 Å². The number of rotatable bonds is 6. The van der Waals surface area contributed by atoms with Gasteiger partial charge in [0.1, 0.15) is 0 Å². The van der Waals surface area contributed by atoms with Gasteiger partial charge in [0.05, 0.1) is 5.75 Å². The van der Waals surface area contributed by atoms with Crippen molar-refractivity contribution in [3.8, 4) is 17.1 Å². The smallest absolute Gasteiger partial charge is 0.234 e. The fraction of sp³-hybridized carbons (Fsp3) is 0.0870. The summed E-state index contributed by atoms with van der Waals surface area (Å²) in [7, 11) is 0. The number of nitrogens with zero attached hydrogens (tertiary/aromatic N) is 3. The monoisotopic (exact) mass is 478 g/mol. The van der Waals surface area contributed by atoms with Crippen LogP contribution in [0.3, 0.4) is 0 Å². The summed E-state index contributed by atoms with van der Waals surface area (Å²) in [6, 6.07) is 25.6. The summed E-state index contributed by atoms with van der Waals surface area (Å²) in [6.07, 6.45) is 0. The molecule has 0 saturated heterocycles. The van der Waals surface area contributed by atoms with Crippen LogP contribution in [0.2, 0.25) is 0 Å². The predicted octanol–water partition coefficient (Wildman–Crippen LogP) is 5.74. The molecule has 0 aliphatic heterocycles. The fourth-order valence-corrected chi connectivity index (χ4v) is 4.22. The van der Waals surface area contributed by atoms with Gasteiger partial charge in [0.15, 0.2) is 11.0 Å². The largest absolute Gasteiger partial charge is 0.325 e. The highest BCUT2D eigenvalue weighted by molar-refractivity contribution is 9.10. The fourth-order valence-electron chi connectivity index (χ4n) is 3.06. The number of amides is 1. The van der Waals surface area contributed by atoms with Gasteiger partial charge in [-0.15, -0.1) is 10.2 Å². The number of thioether (sulfide) groups is 1. The van der Waals surface area contributed by atoms with Gasteiger partial charge in [-0.1, -0.05) is 76.2 Å². The standard InChI is InChI=1S/C23H19BrN4OS/c1-16-8-5-6-13-20(16)22-26-27-23(28(22)19-11-3-2-4-12-19)30-15-21(29)25-18-10-7-9-17(24)14-18/h2-14H,15H2,1H3,(H,25,29). The number of anilines is 1. The maximum Gasteiger partial charge on any atom is 0.234 e. The van der Waals surface area contributed by atoms with Crippen LogP contribution in [-0.2, 0) is 4.79 Å². The molecule has 0 radical (unpaired) electrons. The Morgan fingerprint density at radius 1 is 1.00 bits per heavy atom. The summed E-state index contributed by atoms with van der Waals surface area (Å²) in [6.45, 7) is 2.05. The number of hydrogen-bond donors (Lipinski definition) is 1. The molecule has 1 amide bonds. The summed E-state index contributed by atoms with van der Waals surface area (Å²) in [5.41, 5.74) is 3.83. The minimum absolute atomic E-state index is 0.0989. The number of aryl methyl sites for hydroxylation is 1. The molecule has 1 N–H and O–H groups in total. The molecule has 5 nitrogen and oxygen atoms in total. The second kappa shape index (κ2) is 9.28. The first-order chi connectivity index (χ1) is 14.6. The number of halogens is 1. The van der Waals surface area contributed by atoms with Crippen molar-refractivity contribution >= 4 is 39.3 Å². The Hall–Kier alpha value is -2.90. The molecule has 0 saturated carbocycles. The van der Waals surface area contributed by atoms with Gasteiger partial charge < -0.3 is 5.32 Å². The van der Waals surface area contributed by atoms with E-state index in [2.05, 4.69) is 44.4 Å². The third-order valence-corrected chi connectivity index (χ3v) is 5.90. The molecule has 150 valence electrons. The van der Waals surface area contributed by atoms with E-state index in [0.29, 0.717) is 5.16 Å². The molecule has 7 heteroatoms. The number of nitrogens with one attached hydrogen (secondary N) is 1. The Bertz CT molecular complexity index is 1180. The Balaban J connectivity index is 1.60. The molecular formula is C23H19BrN4OS. The molecule has 0 unspecified atom stereocenters. The molecule has 0 aliphatic carbocycles. The number of benzene rings is 3. The van der Waals surface area contributed by atoms with Gasteiger partial charge in [0.2, 0.25) is 5.91 Å². The minimum Gasteiger partial charge on any atom is -0.325 e. The van der Waals surface area contributed by atoms with E-state index in [1.165, 1.54) is 11.8 Å². The first kappa shape index (κ1) is 20.4. The maximum atomic E-state index is 12.5. The zero-order valence-electron chi connectivity index (χ0n) is 16.2. The Kier molecular flexibility index (Phi) is 6.30. The Labute approximate surface area is 187 Å². The van der Waals surface area contributed by atoms with Gasteiger partial charge >= 0.3 is 0 Å². The lowest BCUT2D eigenvalue weighted by Gasteiger charge is -2.11. The van der Waals surface area contributed by atoms with Crippen LogP contribution in [-0.4, -0.2) is 26.4 Å². The summed E-state index contributed by atoms with van der Waals surface area (Å²) in [5, 5.41) is 12.4. The first-order valence-corrected chi connectivity index (χ1v) is 11.1. The lowest BCUT2D eigenvalue weighted by Crippen LogP contribution is -2.14. The maximum absolute atomic E-state index is 12.5. The predicted molar refractivity (Wildman–Crippen MR) is 125 cm³/mol. The molecule has 30 heavy (non-hydrogen) atoms. The highest BCUT2D eigenvalue weighted by atomic mass is 79.9. The van der Waals surface area contributed by atoms with Crippen molar-refractivity contribution in [1.82, 2.24) is 14.8 Å². The lowest BCUT2D eigenvalue weighted by molar-refractivity contribution is -0.113. The van der Waals surface area contributed by atoms with Gasteiger partial charge in [-0.25, -0.2) is 0 Å². The minimum atomic E-state index is -0.0989. The molecule has 0 bridgehead atoms. The van der Waals surface area contributed by atoms with Crippen LogP contribution in [0.25, 0.3) is 17.1 Å². The van der Waals surface area contributed by atoms with Crippen molar-refractivity contribution in [1.29, 1.82) is 0 Å². The van der Waals surface area contributed by atoms with E-state index in [0.717, 1.165) is 32.8 Å². The van der Waals surface area contributed by atoms with Crippen LogP contribution < -0.4 is 5.32 Å². The average molecular weight is 479 g/mol. The van der Waals surface area contributed by atoms with Crippen LogP contribution >= 0.6 is 27.7 Å². The van der Waals surface area contributed by atoms with Gasteiger partial charge in [0.25, 0.3) is 0 Å². The number of aromatic nitrogens is 3. The normalized spacial score (nSPS) is 10.7. The first-order valence-electron chi connectivity index (χ1n) is 9.37. The third-order valence-electron chi connectivity index (χ3n) is 4.47. The topological polar surface area (TPSA) is 59.8 Å². The van der Waals surface area contributed by atoms with E-state index < -0.39 is 0 Å². The van der Waals surface area contributed by atoms with Crippen LogP contribution in [0, 0.1) is 6.92 Å². The van der Waals surface area contributed by atoms with Crippen molar-refractivity contribution in [3.63, 3.8) is 0 Å². The van der Waals surface area contributed by atoms with E-state index in [-0.39, 0.29) is 11.7 Å². The van der Waals surface area contributed by atoms with Crippen LogP contribution in [0.5, 0.6) is 0 Å². The van der Waals surface area contributed by atoms with E-state index >= 15 is 0 Å². The summed E-state index contributed by atoms with van der Waals surface area (Å²) in [5.74, 6) is 0.887. The third kappa shape index (κ3) is 4.63. The highest BCUT2D eigenvalue weighted by Gasteiger charge is 2.18. The van der Waals surface area contributed by atoms with Crippen molar-refractivity contribution < 1.29 is 4.79 Å². The highest BCUT2D eigenvalue weighted by Crippen LogP contribution is 2.29. The van der Waals surface area contributed by atoms with Gasteiger partial charge in [-0.3, -0.25) is 9.36 Å². The lowest BCUT2D eigenvalue weighted by atomic mass is 10.1. The number of hydrogen-bond acceptors (Lipinski definition) is 4. The summed E-state index contributed by atoms with van der Waals surface area (Å²) >= 11 is 4.78. The summed E-state index contributed by atoms with van der Waals surface area (Å²) < 4.78 is 2.92. The number of carbonyl (C=O) groups is 1. The molecule has 0 aliphatic rings. The second-order valence-electron chi connectivity index (χ2n) is 6.64.